The van der Waals surface area contributed by atoms with E-state index in [4.69, 9.17) is 0 Å². The molecule has 132 valence electrons. The van der Waals surface area contributed by atoms with Gasteiger partial charge in [0.2, 0.25) is 0 Å². The molecule has 4 saturated carbocycles. The third kappa shape index (κ3) is 2.00. The van der Waals surface area contributed by atoms with E-state index in [1.165, 1.54) is 44.9 Å². The molecule has 2 N–H and O–H groups in total. The summed E-state index contributed by atoms with van der Waals surface area (Å²) in [5.41, 5.74) is 0.0701. The minimum Gasteiger partial charge on any atom is -0.393 e. The second kappa shape index (κ2) is 5.21. The van der Waals surface area contributed by atoms with Crippen molar-refractivity contribution in [3.8, 4) is 0 Å². The van der Waals surface area contributed by atoms with E-state index in [1.807, 2.05) is 0 Å². The molecule has 0 aromatic heterocycles. The molecule has 0 aromatic rings. The van der Waals surface area contributed by atoms with Gasteiger partial charge in [0.05, 0.1) is 11.7 Å². The van der Waals surface area contributed by atoms with Gasteiger partial charge in [-0.25, -0.2) is 0 Å². The van der Waals surface area contributed by atoms with Gasteiger partial charge in [-0.1, -0.05) is 27.2 Å². The van der Waals surface area contributed by atoms with Gasteiger partial charge in [0.25, 0.3) is 0 Å². The summed E-state index contributed by atoms with van der Waals surface area (Å²) in [7, 11) is 0. The van der Waals surface area contributed by atoms with Gasteiger partial charge in [-0.2, -0.15) is 0 Å². The van der Waals surface area contributed by atoms with Gasteiger partial charge >= 0.3 is 0 Å². The molecule has 8 atom stereocenters. The van der Waals surface area contributed by atoms with Crippen LogP contribution in [0.1, 0.15) is 85.0 Å². The fourth-order valence-corrected chi connectivity index (χ4v) is 8.07. The number of hydrogen-bond acceptors (Lipinski definition) is 2. The van der Waals surface area contributed by atoms with Crippen LogP contribution < -0.4 is 0 Å². The molecular weight excluding hydrogens is 284 g/mol. The average molecular weight is 321 g/mol. The monoisotopic (exact) mass is 320 g/mol. The zero-order valence-corrected chi connectivity index (χ0v) is 15.4. The van der Waals surface area contributed by atoms with Crippen molar-refractivity contribution in [3.63, 3.8) is 0 Å². The fourth-order valence-electron chi connectivity index (χ4n) is 8.07. The van der Waals surface area contributed by atoms with Crippen molar-refractivity contribution in [1.82, 2.24) is 0 Å². The van der Waals surface area contributed by atoms with E-state index in [-0.39, 0.29) is 11.5 Å². The number of rotatable bonds is 1. The lowest BCUT2D eigenvalue weighted by Gasteiger charge is -2.62. The van der Waals surface area contributed by atoms with Crippen LogP contribution in [0.15, 0.2) is 0 Å². The molecule has 4 aliphatic carbocycles. The Morgan fingerprint density at radius 1 is 0.870 bits per heavy atom. The molecule has 4 fully saturated rings. The van der Waals surface area contributed by atoms with Crippen LogP contribution in [-0.4, -0.2) is 21.9 Å². The molecule has 0 saturated heterocycles. The average Bonchev–Trinajstić information content (AvgIpc) is 2.79. The van der Waals surface area contributed by atoms with E-state index < -0.39 is 5.60 Å². The Labute approximate surface area is 142 Å². The third-order valence-corrected chi connectivity index (χ3v) is 9.53. The van der Waals surface area contributed by atoms with Crippen molar-refractivity contribution in [2.75, 3.05) is 0 Å². The van der Waals surface area contributed by atoms with Crippen molar-refractivity contribution in [2.45, 2.75) is 96.7 Å². The molecule has 0 radical (unpaired) electrons. The summed E-state index contributed by atoms with van der Waals surface area (Å²) in [6, 6.07) is 0. The first-order valence-electron chi connectivity index (χ1n) is 10.3. The van der Waals surface area contributed by atoms with Crippen LogP contribution in [0.25, 0.3) is 0 Å². The lowest BCUT2D eigenvalue weighted by atomic mass is 9.44. The summed E-state index contributed by atoms with van der Waals surface area (Å²) in [4.78, 5) is 0. The van der Waals surface area contributed by atoms with Gasteiger partial charge < -0.3 is 10.2 Å². The second-order valence-electron chi connectivity index (χ2n) is 9.91. The summed E-state index contributed by atoms with van der Waals surface area (Å²) in [5.74, 6) is 2.82. The molecule has 4 aliphatic rings. The summed E-state index contributed by atoms with van der Waals surface area (Å²) in [5, 5.41) is 21.8. The predicted molar refractivity (Wildman–Crippen MR) is 93.0 cm³/mol. The standard InChI is InChI=1S/C21H36O2/c1-4-21(23)13-10-16-14-7-8-17-18(22)6-5-11-19(17,2)15(14)9-12-20(16,21)3/h14-18,22-23H,4-13H2,1-3H3/t14-,15+,16+,17?,18-,19-,20+,21-/m1/s1. The van der Waals surface area contributed by atoms with Gasteiger partial charge in [0.1, 0.15) is 0 Å². The van der Waals surface area contributed by atoms with Crippen LogP contribution in [0, 0.1) is 34.5 Å². The van der Waals surface area contributed by atoms with E-state index in [0.717, 1.165) is 31.1 Å². The molecule has 0 aromatic carbocycles. The summed E-state index contributed by atoms with van der Waals surface area (Å²) >= 11 is 0. The van der Waals surface area contributed by atoms with E-state index >= 15 is 0 Å². The molecule has 0 amide bonds. The van der Waals surface area contributed by atoms with Crippen molar-refractivity contribution < 1.29 is 10.2 Å². The number of aliphatic hydroxyl groups is 2. The summed E-state index contributed by atoms with van der Waals surface area (Å²) in [6.45, 7) is 7.07. The van der Waals surface area contributed by atoms with Gasteiger partial charge in [-0.15, -0.1) is 0 Å². The largest absolute Gasteiger partial charge is 0.393 e. The minimum atomic E-state index is -0.424. The lowest BCUT2D eigenvalue weighted by Crippen LogP contribution is -2.57. The van der Waals surface area contributed by atoms with Crippen molar-refractivity contribution >= 4 is 0 Å². The van der Waals surface area contributed by atoms with E-state index in [9.17, 15) is 10.2 Å². The summed E-state index contributed by atoms with van der Waals surface area (Å²) in [6.07, 6.45) is 11.6. The van der Waals surface area contributed by atoms with Gasteiger partial charge in [0.15, 0.2) is 0 Å². The highest BCUT2D eigenvalue weighted by molar-refractivity contribution is 5.13. The van der Waals surface area contributed by atoms with E-state index in [0.29, 0.717) is 17.3 Å². The Balaban J connectivity index is 1.65. The molecule has 0 spiro atoms. The van der Waals surface area contributed by atoms with Crippen LogP contribution in [0.2, 0.25) is 0 Å². The van der Waals surface area contributed by atoms with Crippen LogP contribution >= 0.6 is 0 Å². The molecule has 0 aliphatic heterocycles. The number of aliphatic hydroxyl groups excluding tert-OH is 1. The minimum absolute atomic E-state index is 0.0563. The van der Waals surface area contributed by atoms with Crippen LogP contribution in [0.5, 0.6) is 0 Å². The predicted octanol–water partition coefficient (Wildman–Crippen LogP) is 4.53. The molecule has 1 unspecified atom stereocenters. The Hall–Kier alpha value is -0.0800. The normalized spacial score (nSPS) is 59.1. The quantitative estimate of drug-likeness (QED) is 0.745. The van der Waals surface area contributed by atoms with E-state index in [1.54, 1.807) is 0 Å². The summed E-state index contributed by atoms with van der Waals surface area (Å²) < 4.78 is 0. The van der Waals surface area contributed by atoms with Crippen molar-refractivity contribution in [3.05, 3.63) is 0 Å². The highest BCUT2D eigenvalue weighted by atomic mass is 16.3. The Kier molecular flexibility index (Phi) is 3.71. The number of fused-ring (bicyclic) bond motifs is 5. The van der Waals surface area contributed by atoms with Crippen molar-refractivity contribution in [1.29, 1.82) is 0 Å². The first kappa shape index (κ1) is 16.4. The molecule has 23 heavy (non-hydrogen) atoms. The van der Waals surface area contributed by atoms with Gasteiger partial charge in [-0.05, 0) is 92.3 Å². The first-order valence-corrected chi connectivity index (χ1v) is 10.3. The van der Waals surface area contributed by atoms with Crippen molar-refractivity contribution in [2.24, 2.45) is 34.5 Å². The maximum Gasteiger partial charge on any atom is 0.0701 e. The zero-order chi connectivity index (χ0) is 16.5. The Morgan fingerprint density at radius 3 is 2.35 bits per heavy atom. The third-order valence-electron chi connectivity index (χ3n) is 9.53. The maximum atomic E-state index is 11.2. The van der Waals surface area contributed by atoms with Gasteiger partial charge in [0, 0.05) is 0 Å². The molecule has 2 nitrogen and oxygen atoms in total. The fraction of sp³-hybridized carbons (Fsp3) is 1.00. The molecular formula is C21H36O2. The Bertz CT molecular complexity index is 476. The lowest BCUT2D eigenvalue weighted by molar-refractivity contribution is -0.168. The maximum absolute atomic E-state index is 11.2. The van der Waals surface area contributed by atoms with Crippen LogP contribution in [0.4, 0.5) is 0 Å². The first-order chi connectivity index (χ1) is 10.9. The molecule has 0 bridgehead atoms. The highest BCUT2D eigenvalue weighted by Crippen LogP contribution is 2.68. The highest BCUT2D eigenvalue weighted by Gasteiger charge is 2.64. The topological polar surface area (TPSA) is 40.5 Å². The molecule has 2 heteroatoms. The Morgan fingerprint density at radius 2 is 1.61 bits per heavy atom. The zero-order valence-electron chi connectivity index (χ0n) is 15.4. The van der Waals surface area contributed by atoms with Crippen LogP contribution in [-0.2, 0) is 0 Å². The number of hydrogen-bond donors (Lipinski definition) is 2. The van der Waals surface area contributed by atoms with E-state index in [2.05, 4.69) is 20.8 Å². The molecule has 0 heterocycles. The molecule has 4 rings (SSSR count). The van der Waals surface area contributed by atoms with Gasteiger partial charge in [-0.3, -0.25) is 0 Å². The van der Waals surface area contributed by atoms with Crippen LogP contribution in [0.3, 0.4) is 0 Å². The SMILES string of the molecule is CC[C@@]1(O)CC[C@H]2[C@@H]3CCC4[C@H](O)CCC[C@]4(C)[C@H]3CC[C@@]21C. The second-order valence-corrected chi connectivity index (χ2v) is 9.91. The smallest absolute Gasteiger partial charge is 0.0701 e.